The standard InChI is InChI=1S/C16H17FN2O2/c17-13-7-4-8-14(10-13)18-16(21)19-15(11-20)9-12-5-2-1-3-6-12/h1-8,10,15,20H,9,11H2,(H2,18,19,21)/t15-/m1/s1. The number of hydrogen-bond donors (Lipinski definition) is 3. The molecule has 2 rings (SSSR count). The number of rotatable bonds is 5. The second-order valence-electron chi connectivity index (χ2n) is 4.68. The van der Waals surface area contributed by atoms with Gasteiger partial charge >= 0.3 is 6.03 Å². The van der Waals surface area contributed by atoms with E-state index in [9.17, 15) is 14.3 Å². The lowest BCUT2D eigenvalue weighted by Crippen LogP contribution is -2.41. The third kappa shape index (κ3) is 4.89. The van der Waals surface area contributed by atoms with Crippen molar-refractivity contribution in [2.24, 2.45) is 0 Å². The van der Waals surface area contributed by atoms with Gasteiger partial charge in [0.1, 0.15) is 5.82 Å². The van der Waals surface area contributed by atoms with Crippen LogP contribution in [0.3, 0.4) is 0 Å². The monoisotopic (exact) mass is 288 g/mol. The average molecular weight is 288 g/mol. The molecule has 4 nitrogen and oxygen atoms in total. The van der Waals surface area contributed by atoms with Gasteiger partial charge in [0.2, 0.25) is 0 Å². The van der Waals surface area contributed by atoms with Crippen molar-refractivity contribution in [2.75, 3.05) is 11.9 Å². The summed E-state index contributed by atoms with van der Waals surface area (Å²) in [4.78, 5) is 11.8. The lowest BCUT2D eigenvalue weighted by atomic mass is 10.1. The average Bonchev–Trinajstić information content (AvgIpc) is 2.47. The van der Waals surface area contributed by atoms with E-state index in [0.717, 1.165) is 5.56 Å². The predicted octanol–water partition coefficient (Wildman–Crippen LogP) is 2.55. The maximum absolute atomic E-state index is 13.0. The van der Waals surface area contributed by atoms with Gasteiger partial charge < -0.3 is 15.7 Å². The van der Waals surface area contributed by atoms with Crippen molar-refractivity contribution in [3.63, 3.8) is 0 Å². The molecule has 0 aliphatic carbocycles. The minimum Gasteiger partial charge on any atom is -0.394 e. The lowest BCUT2D eigenvalue weighted by molar-refractivity contribution is 0.224. The van der Waals surface area contributed by atoms with Gasteiger partial charge in [0.25, 0.3) is 0 Å². The summed E-state index contributed by atoms with van der Waals surface area (Å²) in [5.41, 5.74) is 1.38. The molecule has 0 aromatic heterocycles. The zero-order valence-electron chi connectivity index (χ0n) is 11.4. The number of carbonyl (C=O) groups is 1. The molecule has 0 unspecified atom stereocenters. The quantitative estimate of drug-likeness (QED) is 0.792. The molecule has 0 radical (unpaired) electrons. The van der Waals surface area contributed by atoms with Gasteiger partial charge in [-0.05, 0) is 30.2 Å². The number of halogens is 1. The van der Waals surface area contributed by atoms with Crippen LogP contribution in [0.4, 0.5) is 14.9 Å². The van der Waals surface area contributed by atoms with Crippen LogP contribution in [0.2, 0.25) is 0 Å². The number of aliphatic hydroxyl groups is 1. The van der Waals surface area contributed by atoms with Crippen molar-refractivity contribution >= 4 is 11.7 Å². The SMILES string of the molecule is O=C(Nc1cccc(F)c1)N[C@@H](CO)Cc1ccccc1. The summed E-state index contributed by atoms with van der Waals surface area (Å²) in [6.45, 7) is -0.175. The first-order chi connectivity index (χ1) is 10.2. The van der Waals surface area contributed by atoms with Gasteiger partial charge in [-0.3, -0.25) is 0 Å². The molecular weight excluding hydrogens is 271 g/mol. The Labute approximate surface area is 122 Å². The van der Waals surface area contributed by atoms with Crippen molar-refractivity contribution in [1.29, 1.82) is 0 Å². The normalized spacial score (nSPS) is 11.7. The van der Waals surface area contributed by atoms with Crippen LogP contribution < -0.4 is 10.6 Å². The Bertz CT molecular complexity index is 590. The molecule has 0 heterocycles. The van der Waals surface area contributed by atoms with Crippen LogP contribution in [0, 0.1) is 5.82 Å². The highest BCUT2D eigenvalue weighted by molar-refractivity contribution is 5.89. The highest BCUT2D eigenvalue weighted by atomic mass is 19.1. The first-order valence-corrected chi connectivity index (χ1v) is 6.65. The molecule has 1 atom stereocenters. The van der Waals surface area contributed by atoms with Crippen LogP contribution >= 0.6 is 0 Å². The van der Waals surface area contributed by atoms with Crippen LogP contribution in [0.25, 0.3) is 0 Å². The molecule has 0 aliphatic rings. The fourth-order valence-corrected chi connectivity index (χ4v) is 1.98. The maximum Gasteiger partial charge on any atom is 0.319 e. The molecule has 5 heteroatoms. The second-order valence-corrected chi connectivity index (χ2v) is 4.68. The van der Waals surface area contributed by atoms with Crippen molar-refractivity contribution in [1.82, 2.24) is 5.32 Å². The van der Waals surface area contributed by atoms with E-state index < -0.39 is 17.9 Å². The van der Waals surface area contributed by atoms with Gasteiger partial charge in [-0.2, -0.15) is 0 Å². The molecular formula is C16H17FN2O2. The van der Waals surface area contributed by atoms with E-state index in [1.54, 1.807) is 6.07 Å². The molecule has 2 amide bonds. The zero-order chi connectivity index (χ0) is 15.1. The molecule has 2 aromatic rings. The number of benzene rings is 2. The number of anilines is 1. The first kappa shape index (κ1) is 15.0. The molecule has 110 valence electrons. The Kier molecular flexibility index (Phi) is 5.29. The van der Waals surface area contributed by atoms with E-state index in [4.69, 9.17) is 0 Å². The van der Waals surface area contributed by atoms with Crippen LogP contribution in [-0.4, -0.2) is 23.8 Å². The fraction of sp³-hybridized carbons (Fsp3) is 0.188. The predicted molar refractivity (Wildman–Crippen MR) is 79.6 cm³/mol. The highest BCUT2D eigenvalue weighted by Gasteiger charge is 2.12. The van der Waals surface area contributed by atoms with Gasteiger partial charge in [0, 0.05) is 5.69 Å². The molecule has 0 fully saturated rings. The third-order valence-electron chi connectivity index (χ3n) is 2.96. The summed E-state index contributed by atoms with van der Waals surface area (Å²) in [6, 6.07) is 14.3. The Morgan fingerprint density at radius 1 is 1.14 bits per heavy atom. The number of carbonyl (C=O) groups excluding carboxylic acids is 1. The molecule has 2 aromatic carbocycles. The van der Waals surface area contributed by atoms with E-state index in [0.29, 0.717) is 12.1 Å². The summed E-state index contributed by atoms with van der Waals surface area (Å²) >= 11 is 0. The summed E-state index contributed by atoms with van der Waals surface area (Å²) in [6.07, 6.45) is 0.522. The van der Waals surface area contributed by atoms with Crippen molar-refractivity contribution in [2.45, 2.75) is 12.5 Å². The largest absolute Gasteiger partial charge is 0.394 e. The molecule has 3 N–H and O–H groups in total. The second kappa shape index (κ2) is 7.40. The summed E-state index contributed by atoms with van der Waals surface area (Å²) < 4.78 is 13.0. The molecule has 0 saturated heterocycles. The minimum absolute atomic E-state index is 0.175. The topological polar surface area (TPSA) is 61.4 Å². The number of hydrogen-bond acceptors (Lipinski definition) is 2. The number of urea groups is 1. The fourth-order valence-electron chi connectivity index (χ4n) is 1.98. The van der Waals surface area contributed by atoms with Crippen LogP contribution in [-0.2, 0) is 6.42 Å². The molecule has 0 bridgehead atoms. The molecule has 21 heavy (non-hydrogen) atoms. The Morgan fingerprint density at radius 3 is 2.57 bits per heavy atom. The van der Waals surface area contributed by atoms with Gasteiger partial charge in [-0.1, -0.05) is 36.4 Å². The van der Waals surface area contributed by atoms with Crippen LogP contribution in [0.15, 0.2) is 54.6 Å². The van der Waals surface area contributed by atoms with Crippen molar-refractivity contribution < 1.29 is 14.3 Å². The van der Waals surface area contributed by atoms with E-state index in [1.165, 1.54) is 18.2 Å². The van der Waals surface area contributed by atoms with Crippen LogP contribution in [0.1, 0.15) is 5.56 Å². The maximum atomic E-state index is 13.0. The van der Waals surface area contributed by atoms with E-state index >= 15 is 0 Å². The highest BCUT2D eigenvalue weighted by Crippen LogP contribution is 2.09. The number of amides is 2. The smallest absolute Gasteiger partial charge is 0.319 e. The first-order valence-electron chi connectivity index (χ1n) is 6.65. The van der Waals surface area contributed by atoms with Crippen LogP contribution in [0.5, 0.6) is 0 Å². The third-order valence-corrected chi connectivity index (χ3v) is 2.96. The van der Waals surface area contributed by atoms with E-state index in [1.807, 2.05) is 30.3 Å². The number of nitrogens with one attached hydrogen (secondary N) is 2. The molecule has 0 aliphatic heterocycles. The van der Waals surface area contributed by atoms with Crippen molar-refractivity contribution in [3.05, 3.63) is 66.0 Å². The van der Waals surface area contributed by atoms with Gasteiger partial charge in [0.05, 0.1) is 12.6 Å². The lowest BCUT2D eigenvalue weighted by Gasteiger charge is -2.17. The zero-order valence-corrected chi connectivity index (χ0v) is 11.4. The Balaban J connectivity index is 1.90. The van der Waals surface area contributed by atoms with E-state index in [2.05, 4.69) is 10.6 Å². The Hall–Kier alpha value is -2.40. The Morgan fingerprint density at radius 2 is 1.90 bits per heavy atom. The van der Waals surface area contributed by atoms with Gasteiger partial charge in [0.15, 0.2) is 0 Å². The number of aliphatic hydroxyl groups excluding tert-OH is 1. The van der Waals surface area contributed by atoms with E-state index in [-0.39, 0.29) is 6.61 Å². The van der Waals surface area contributed by atoms with Crippen molar-refractivity contribution in [3.8, 4) is 0 Å². The molecule has 0 spiro atoms. The molecule has 0 saturated carbocycles. The minimum atomic E-state index is -0.476. The summed E-state index contributed by atoms with van der Waals surface area (Å²) in [5, 5.41) is 14.5. The van der Waals surface area contributed by atoms with Gasteiger partial charge in [-0.15, -0.1) is 0 Å². The summed E-state index contributed by atoms with van der Waals surface area (Å²) in [7, 11) is 0. The van der Waals surface area contributed by atoms with Gasteiger partial charge in [-0.25, -0.2) is 9.18 Å². The summed E-state index contributed by atoms with van der Waals surface area (Å²) in [5.74, 6) is -0.421.